The molecule has 0 spiro atoms. The number of benzene rings is 1. The fourth-order valence-corrected chi connectivity index (χ4v) is 2.22. The van der Waals surface area contributed by atoms with Crippen molar-refractivity contribution in [3.05, 3.63) is 35.4 Å². The minimum absolute atomic E-state index is 0.0623. The first kappa shape index (κ1) is 12.1. The molecule has 1 aromatic carbocycles. The molecular formula is C13H18N2O2. The lowest BCUT2D eigenvalue weighted by atomic mass is 9.98. The smallest absolute Gasteiger partial charge is 0.218 e. The van der Waals surface area contributed by atoms with E-state index in [1.165, 1.54) is 11.1 Å². The molecule has 0 bridgehead atoms. The van der Waals surface area contributed by atoms with Crippen LogP contribution >= 0.6 is 0 Å². The molecule has 1 aromatic rings. The lowest BCUT2D eigenvalue weighted by molar-refractivity contribution is -0.118. The first-order chi connectivity index (χ1) is 8.16. The molecule has 2 rings (SSSR count). The normalized spacial score (nSPS) is 20.6. The number of ether oxygens (including phenoxy) is 1. The summed E-state index contributed by atoms with van der Waals surface area (Å²) >= 11 is 0. The zero-order valence-corrected chi connectivity index (χ0v) is 9.98. The summed E-state index contributed by atoms with van der Waals surface area (Å²) in [7, 11) is 0. The van der Waals surface area contributed by atoms with Crippen LogP contribution in [0.25, 0.3) is 0 Å². The predicted molar refractivity (Wildman–Crippen MR) is 65.2 cm³/mol. The molecular weight excluding hydrogens is 216 g/mol. The number of carbonyl (C=O) groups excluding carboxylic acids is 1. The topological polar surface area (TPSA) is 64.4 Å². The van der Waals surface area contributed by atoms with Gasteiger partial charge in [0.1, 0.15) is 0 Å². The second-order valence-electron chi connectivity index (χ2n) is 4.50. The van der Waals surface area contributed by atoms with Crippen LogP contribution in [0.5, 0.6) is 0 Å². The van der Waals surface area contributed by atoms with E-state index in [2.05, 4.69) is 17.4 Å². The summed E-state index contributed by atoms with van der Waals surface area (Å²) in [6.07, 6.45) is 0.346. The standard InChI is InChI=1S/C13H18N2O2/c1-9(6-13(14)16)15-12-8-17-7-10-4-2-3-5-11(10)12/h2-5,9,12,15H,6-8H2,1H3,(H2,14,16). The van der Waals surface area contributed by atoms with Gasteiger partial charge in [-0.2, -0.15) is 0 Å². The second kappa shape index (κ2) is 5.29. The monoisotopic (exact) mass is 234 g/mol. The number of hydrogen-bond acceptors (Lipinski definition) is 3. The molecule has 4 nitrogen and oxygen atoms in total. The maximum absolute atomic E-state index is 10.8. The number of fused-ring (bicyclic) bond motifs is 1. The van der Waals surface area contributed by atoms with E-state index in [9.17, 15) is 4.79 Å². The minimum atomic E-state index is -0.282. The number of carbonyl (C=O) groups is 1. The van der Waals surface area contributed by atoms with Gasteiger partial charge in [-0.05, 0) is 18.1 Å². The Morgan fingerprint density at radius 1 is 1.59 bits per heavy atom. The van der Waals surface area contributed by atoms with Gasteiger partial charge < -0.3 is 15.8 Å². The van der Waals surface area contributed by atoms with Crippen LogP contribution in [0.2, 0.25) is 0 Å². The Morgan fingerprint density at radius 2 is 2.35 bits per heavy atom. The Morgan fingerprint density at radius 3 is 3.12 bits per heavy atom. The molecule has 0 saturated carbocycles. The van der Waals surface area contributed by atoms with Crippen molar-refractivity contribution < 1.29 is 9.53 Å². The van der Waals surface area contributed by atoms with E-state index in [-0.39, 0.29) is 18.0 Å². The van der Waals surface area contributed by atoms with Crippen molar-refractivity contribution in [2.75, 3.05) is 6.61 Å². The molecule has 3 N–H and O–H groups in total. The zero-order valence-electron chi connectivity index (χ0n) is 9.98. The van der Waals surface area contributed by atoms with Crippen LogP contribution < -0.4 is 11.1 Å². The Hall–Kier alpha value is -1.39. The van der Waals surface area contributed by atoms with Gasteiger partial charge in [-0.3, -0.25) is 4.79 Å². The minimum Gasteiger partial charge on any atom is -0.375 e. The van der Waals surface area contributed by atoms with Gasteiger partial charge in [-0.25, -0.2) is 0 Å². The third-order valence-corrected chi connectivity index (χ3v) is 2.97. The van der Waals surface area contributed by atoms with Gasteiger partial charge in [-0.1, -0.05) is 24.3 Å². The molecule has 1 heterocycles. The van der Waals surface area contributed by atoms with Gasteiger partial charge in [0, 0.05) is 12.5 Å². The molecule has 2 unspecified atom stereocenters. The number of nitrogens with one attached hydrogen (secondary N) is 1. The van der Waals surface area contributed by atoms with Crippen LogP contribution in [0.15, 0.2) is 24.3 Å². The second-order valence-corrected chi connectivity index (χ2v) is 4.50. The van der Waals surface area contributed by atoms with Gasteiger partial charge in [0.25, 0.3) is 0 Å². The van der Waals surface area contributed by atoms with Crippen LogP contribution in [-0.2, 0) is 16.1 Å². The molecule has 1 aliphatic rings. The van der Waals surface area contributed by atoms with E-state index < -0.39 is 0 Å². The number of nitrogens with two attached hydrogens (primary N) is 1. The average molecular weight is 234 g/mol. The highest BCUT2D eigenvalue weighted by Gasteiger charge is 2.21. The number of primary amides is 1. The van der Waals surface area contributed by atoms with Crippen LogP contribution in [0, 0.1) is 0 Å². The number of amides is 1. The van der Waals surface area contributed by atoms with Crippen molar-refractivity contribution in [2.24, 2.45) is 5.73 Å². The van der Waals surface area contributed by atoms with Crippen LogP contribution in [0.1, 0.15) is 30.5 Å². The summed E-state index contributed by atoms with van der Waals surface area (Å²) in [6, 6.07) is 8.42. The van der Waals surface area contributed by atoms with Crippen molar-refractivity contribution >= 4 is 5.91 Å². The summed E-state index contributed by atoms with van der Waals surface area (Å²) in [4.78, 5) is 10.8. The number of hydrogen-bond donors (Lipinski definition) is 2. The van der Waals surface area contributed by atoms with Crippen molar-refractivity contribution in [1.29, 1.82) is 0 Å². The summed E-state index contributed by atoms with van der Waals surface area (Å²) in [5, 5.41) is 3.38. The molecule has 0 fully saturated rings. The number of rotatable bonds is 4. The SMILES string of the molecule is CC(CC(N)=O)NC1COCc2ccccc21. The van der Waals surface area contributed by atoms with Crippen molar-refractivity contribution in [3.8, 4) is 0 Å². The third kappa shape index (κ3) is 3.05. The fourth-order valence-electron chi connectivity index (χ4n) is 2.22. The highest BCUT2D eigenvalue weighted by molar-refractivity contribution is 5.74. The van der Waals surface area contributed by atoms with Crippen LogP contribution in [0.3, 0.4) is 0 Å². The average Bonchev–Trinajstić information content (AvgIpc) is 2.28. The van der Waals surface area contributed by atoms with Gasteiger partial charge in [0.2, 0.25) is 5.91 Å². The zero-order chi connectivity index (χ0) is 12.3. The van der Waals surface area contributed by atoms with Crippen LogP contribution in [0.4, 0.5) is 0 Å². The third-order valence-electron chi connectivity index (χ3n) is 2.97. The first-order valence-corrected chi connectivity index (χ1v) is 5.86. The first-order valence-electron chi connectivity index (χ1n) is 5.86. The highest BCUT2D eigenvalue weighted by Crippen LogP contribution is 2.24. The van der Waals surface area contributed by atoms with Crippen molar-refractivity contribution in [3.63, 3.8) is 0 Å². The van der Waals surface area contributed by atoms with Crippen molar-refractivity contribution in [2.45, 2.75) is 32.0 Å². The molecule has 4 heteroatoms. The van der Waals surface area contributed by atoms with Crippen LogP contribution in [-0.4, -0.2) is 18.6 Å². The molecule has 0 aromatic heterocycles. The van der Waals surface area contributed by atoms with E-state index >= 15 is 0 Å². The summed E-state index contributed by atoms with van der Waals surface area (Å²) in [6.45, 7) is 3.26. The maximum atomic E-state index is 10.8. The predicted octanol–water partition coefficient (Wildman–Crippen LogP) is 1.11. The highest BCUT2D eigenvalue weighted by atomic mass is 16.5. The van der Waals surface area contributed by atoms with E-state index in [1.807, 2.05) is 19.1 Å². The molecule has 0 saturated heterocycles. The Bertz CT molecular complexity index is 406. The largest absolute Gasteiger partial charge is 0.375 e. The molecule has 0 aliphatic carbocycles. The summed E-state index contributed by atoms with van der Waals surface area (Å²) in [5.74, 6) is -0.282. The van der Waals surface area contributed by atoms with E-state index in [1.54, 1.807) is 0 Å². The Kier molecular flexibility index (Phi) is 3.76. The van der Waals surface area contributed by atoms with Gasteiger partial charge in [-0.15, -0.1) is 0 Å². The molecule has 1 aliphatic heterocycles. The lowest BCUT2D eigenvalue weighted by Crippen LogP contribution is -2.37. The molecule has 2 atom stereocenters. The Labute approximate surface area is 101 Å². The quantitative estimate of drug-likeness (QED) is 0.820. The molecule has 17 heavy (non-hydrogen) atoms. The fraction of sp³-hybridized carbons (Fsp3) is 0.462. The van der Waals surface area contributed by atoms with Crippen molar-refractivity contribution in [1.82, 2.24) is 5.32 Å². The lowest BCUT2D eigenvalue weighted by Gasteiger charge is -2.29. The molecule has 1 amide bonds. The van der Waals surface area contributed by atoms with E-state index in [0.29, 0.717) is 19.6 Å². The van der Waals surface area contributed by atoms with Gasteiger partial charge in [0.15, 0.2) is 0 Å². The van der Waals surface area contributed by atoms with Gasteiger partial charge in [0.05, 0.1) is 19.3 Å². The van der Waals surface area contributed by atoms with E-state index in [4.69, 9.17) is 10.5 Å². The maximum Gasteiger partial charge on any atom is 0.218 e. The van der Waals surface area contributed by atoms with E-state index in [0.717, 1.165) is 0 Å². The van der Waals surface area contributed by atoms with Gasteiger partial charge >= 0.3 is 0 Å². The summed E-state index contributed by atoms with van der Waals surface area (Å²) < 4.78 is 5.54. The Balaban J connectivity index is 2.05. The molecule has 92 valence electrons. The summed E-state index contributed by atoms with van der Waals surface area (Å²) in [5.41, 5.74) is 7.65. The molecule has 0 radical (unpaired) electrons.